The number of benzene rings is 1. The summed E-state index contributed by atoms with van der Waals surface area (Å²) in [6, 6.07) is 7.68. The molecule has 1 saturated carbocycles. The highest BCUT2D eigenvalue weighted by atomic mass is 16.3. The van der Waals surface area contributed by atoms with Crippen molar-refractivity contribution in [1.82, 2.24) is 5.32 Å². The van der Waals surface area contributed by atoms with Crippen molar-refractivity contribution in [2.45, 2.75) is 12.8 Å². The Hall–Kier alpha value is -1.88. The van der Waals surface area contributed by atoms with Crippen LogP contribution in [0.1, 0.15) is 12.0 Å². The highest BCUT2D eigenvalue weighted by Gasteiger charge is 2.39. The van der Waals surface area contributed by atoms with Gasteiger partial charge < -0.3 is 15.3 Å². The van der Waals surface area contributed by atoms with Gasteiger partial charge in [-0.05, 0) is 36.3 Å². The van der Waals surface area contributed by atoms with E-state index in [1.165, 1.54) is 0 Å². The summed E-state index contributed by atoms with van der Waals surface area (Å²) in [6.07, 6.45) is 1.41. The van der Waals surface area contributed by atoms with E-state index in [2.05, 4.69) is 5.32 Å². The fraction of sp³-hybridized carbons (Fsp3) is 0.500. The van der Waals surface area contributed by atoms with Crippen molar-refractivity contribution in [2.75, 3.05) is 25.1 Å². The highest BCUT2D eigenvalue weighted by Crippen LogP contribution is 2.37. The summed E-state index contributed by atoms with van der Waals surface area (Å²) >= 11 is 0. The third-order valence-corrected chi connectivity index (χ3v) is 4.56. The largest absolute Gasteiger partial charge is 0.396 e. The van der Waals surface area contributed by atoms with Crippen molar-refractivity contribution >= 4 is 17.5 Å². The van der Waals surface area contributed by atoms with Crippen molar-refractivity contribution in [3.8, 4) is 0 Å². The zero-order valence-electron chi connectivity index (χ0n) is 12.1. The Bertz CT molecular complexity index is 572. The molecule has 1 aliphatic heterocycles. The number of aliphatic hydroxyl groups excluding tert-OH is 1. The van der Waals surface area contributed by atoms with E-state index in [1.54, 1.807) is 11.9 Å². The number of anilines is 1. The van der Waals surface area contributed by atoms with Crippen molar-refractivity contribution in [3.05, 3.63) is 29.8 Å². The van der Waals surface area contributed by atoms with E-state index in [0.29, 0.717) is 24.8 Å². The van der Waals surface area contributed by atoms with Crippen LogP contribution in [0.15, 0.2) is 24.3 Å². The van der Waals surface area contributed by atoms with E-state index >= 15 is 0 Å². The summed E-state index contributed by atoms with van der Waals surface area (Å²) in [5.41, 5.74) is 1.91. The molecule has 5 nitrogen and oxygen atoms in total. The number of amides is 2. The Labute approximate surface area is 123 Å². The monoisotopic (exact) mass is 288 g/mol. The third kappa shape index (κ3) is 2.65. The molecule has 1 heterocycles. The lowest BCUT2D eigenvalue weighted by atomic mass is 9.91. The number of hydrogen-bond donors (Lipinski definition) is 2. The second-order valence-corrected chi connectivity index (χ2v) is 5.97. The van der Waals surface area contributed by atoms with Gasteiger partial charge in [-0.25, -0.2) is 0 Å². The molecule has 0 saturated heterocycles. The van der Waals surface area contributed by atoms with Crippen LogP contribution in [0.4, 0.5) is 5.69 Å². The molecular weight excluding hydrogens is 268 g/mol. The number of para-hydroxylation sites is 1. The van der Waals surface area contributed by atoms with Gasteiger partial charge in [0.1, 0.15) is 5.92 Å². The van der Waals surface area contributed by atoms with E-state index < -0.39 is 5.92 Å². The maximum Gasteiger partial charge on any atom is 0.239 e. The van der Waals surface area contributed by atoms with E-state index in [-0.39, 0.29) is 18.4 Å². The Kier molecular flexibility index (Phi) is 3.68. The van der Waals surface area contributed by atoms with Crippen molar-refractivity contribution in [2.24, 2.45) is 17.8 Å². The molecule has 1 aromatic rings. The van der Waals surface area contributed by atoms with Gasteiger partial charge in [-0.1, -0.05) is 18.2 Å². The quantitative estimate of drug-likeness (QED) is 0.796. The molecule has 0 aromatic heterocycles. The molecular formula is C16H20N2O3. The molecule has 0 radical (unpaired) electrons. The Morgan fingerprint density at radius 1 is 1.38 bits per heavy atom. The van der Waals surface area contributed by atoms with Crippen LogP contribution in [0, 0.1) is 17.8 Å². The minimum atomic E-state index is -0.642. The number of fused-ring (bicyclic) bond motifs is 1. The average Bonchev–Trinajstić information content (AvgIpc) is 3.27. The number of aliphatic hydroxyl groups is 1. The topological polar surface area (TPSA) is 69.6 Å². The molecule has 5 heteroatoms. The lowest BCUT2D eigenvalue weighted by Crippen LogP contribution is -2.46. The Morgan fingerprint density at radius 2 is 2.14 bits per heavy atom. The predicted molar refractivity (Wildman–Crippen MR) is 78.7 cm³/mol. The Morgan fingerprint density at radius 3 is 2.86 bits per heavy atom. The van der Waals surface area contributed by atoms with Crippen LogP contribution >= 0.6 is 0 Å². The molecule has 1 aliphatic carbocycles. The SMILES string of the molecule is CN1C(=O)C(C(=O)NC[C@@H]2C[C@H]2CO)Cc2ccccc21. The summed E-state index contributed by atoms with van der Waals surface area (Å²) in [5, 5.41) is 11.9. The van der Waals surface area contributed by atoms with Crippen LogP contribution in [-0.2, 0) is 16.0 Å². The number of rotatable bonds is 4. The van der Waals surface area contributed by atoms with Gasteiger partial charge in [0.25, 0.3) is 0 Å². The minimum Gasteiger partial charge on any atom is -0.396 e. The molecule has 1 unspecified atom stereocenters. The third-order valence-electron chi connectivity index (χ3n) is 4.56. The van der Waals surface area contributed by atoms with Crippen LogP contribution < -0.4 is 10.2 Å². The number of nitrogens with one attached hydrogen (secondary N) is 1. The van der Waals surface area contributed by atoms with Crippen molar-refractivity contribution in [3.63, 3.8) is 0 Å². The molecule has 112 valence electrons. The van der Waals surface area contributed by atoms with Gasteiger partial charge in [-0.3, -0.25) is 9.59 Å². The van der Waals surface area contributed by atoms with Gasteiger partial charge >= 0.3 is 0 Å². The summed E-state index contributed by atoms with van der Waals surface area (Å²) in [5.74, 6) is -0.319. The second-order valence-electron chi connectivity index (χ2n) is 5.97. The standard InChI is InChI=1S/C16H20N2O3/c1-18-14-5-3-2-4-10(14)7-13(16(18)21)15(20)17-8-11-6-12(11)9-19/h2-5,11-13,19H,6-9H2,1H3,(H,17,20)/t11-,12-,13?/m0/s1. The van der Waals surface area contributed by atoms with E-state index in [1.807, 2.05) is 24.3 Å². The van der Waals surface area contributed by atoms with Crippen molar-refractivity contribution in [1.29, 1.82) is 0 Å². The number of hydrogen-bond acceptors (Lipinski definition) is 3. The first-order chi connectivity index (χ1) is 10.1. The first kappa shape index (κ1) is 14.1. The molecule has 3 rings (SSSR count). The van der Waals surface area contributed by atoms with Gasteiger partial charge in [-0.2, -0.15) is 0 Å². The molecule has 1 aromatic carbocycles. The van der Waals surface area contributed by atoms with E-state index in [4.69, 9.17) is 5.11 Å². The number of nitrogens with zero attached hydrogens (tertiary/aromatic N) is 1. The van der Waals surface area contributed by atoms with Gasteiger partial charge in [-0.15, -0.1) is 0 Å². The molecule has 21 heavy (non-hydrogen) atoms. The summed E-state index contributed by atoms with van der Waals surface area (Å²) in [6.45, 7) is 0.734. The highest BCUT2D eigenvalue weighted by molar-refractivity contribution is 6.09. The van der Waals surface area contributed by atoms with Crippen LogP contribution in [0.3, 0.4) is 0 Å². The summed E-state index contributed by atoms with van der Waals surface area (Å²) in [7, 11) is 1.71. The molecule has 0 bridgehead atoms. The predicted octanol–water partition coefficient (Wildman–Crippen LogP) is 0.566. The fourth-order valence-electron chi connectivity index (χ4n) is 3.01. The number of carbonyl (C=O) groups excluding carboxylic acids is 2. The smallest absolute Gasteiger partial charge is 0.239 e. The average molecular weight is 288 g/mol. The van der Waals surface area contributed by atoms with E-state index in [9.17, 15) is 9.59 Å². The first-order valence-electron chi connectivity index (χ1n) is 7.36. The molecule has 2 aliphatic rings. The molecule has 0 spiro atoms. The normalized spacial score (nSPS) is 27.2. The summed E-state index contributed by atoms with van der Waals surface area (Å²) in [4.78, 5) is 26.2. The molecule has 3 atom stereocenters. The minimum absolute atomic E-state index is 0.152. The first-order valence-corrected chi connectivity index (χ1v) is 7.36. The molecule has 2 N–H and O–H groups in total. The maximum atomic E-state index is 12.3. The van der Waals surface area contributed by atoms with Gasteiger partial charge in [0, 0.05) is 25.9 Å². The zero-order valence-corrected chi connectivity index (χ0v) is 12.1. The lowest BCUT2D eigenvalue weighted by molar-refractivity contribution is -0.134. The van der Waals surface area contributed by atoms with Gasteiger partial charge in [0.05, 0.1) is 0 Å². The fourth-order valence-corrected chi connectivity index (χ4v) is 3.01. The molecule has 1 fully saturated rings. The lowest BCUT2D eigenvalue weighted by Gasteiger charge is -2.30. The van der Waals surface area contributed by atoms with Crippen LogP contribution in [0.25, 0.3) is 0 Å². The zero-order chi connectivity index (χ0) is 15.0. The Balaban J connectivity index is 1.66. The van der Waals surface area contributed by atoms with Crippen LogP contribution in [-0.4, -0.2) is 37.1 Å². The van der Waals surface area contributed by atoms with Crippen molar-refractivity contribution < 1.29 is 14.7 Å². The second kappa shape index (κ2) is 5.48. The van der Waals surface area contributed by atoms with Crippen LogP contribution in [0.5, 0.6) is 0 Å². The van der Waals surface area contributed by atoms with E-state index in [0.717, 1.165) is 17.7 Å². The van der Waals surface area contributed by atoms with Gasteiger partial charge in [0.15, 0.2) is 0 Å². The maximum absolute atomic E-state index is 12.3. The number of carbonyl (C=O) groups is 2. The summed E-state index contributed by atoms with van der Waals surface area (Å²) < 4.78 is 0. The van der Waals surface area contributed by atoms with Crippen LogP contribution in [0.2, 0.25) is 0 Å². The molecule has 2 amide bonds. The van der Waals surface area contributed by atoms with Gasteiger partial charge in [0.2, 0.25) is 11.8 Å².